The van der Waals surface area contributed by atoms with E-state index in [9.17, 15) is 4.79 Å². The molecule has 3 rings (SSSR count). The van der Waals surface area contributed by atoms with Crippen LogP contribution in [0.15, 0.2) is 18.2 Å². The van der Waals surface area contributed by atoms with Gasteiger partial charge >= 0.3 is 0 Å². The van der Waals surface area contributed by atoms with Gasteiger partial charge in [0.1, 0.15) is 5.75 Å². The number of amides is 1. The van der Waals surface area contributed by atoms with Gasteiger partial charge in [-0.1, -0.05) is 17.7 Å². The minimum Gasteiger partial charge on any atom is -0.479 e. The number of ether oxygens (including phenoxy) is 1. The molecule has 1 aromatic rings. The fourth-order valence-corrected chi connectivity index (χ4v) is 3.32. The third-order valence-electron chi connectivity index (χ3n) is 4.94. The van der Waals surface area contributed by atoms with Crippen molar-refractivity contribution in [3.05, 3.63) is 28.8 Å². The summed E-state index contributed by atoms with van der Waals surface area (Å²) < 4.78 is 5.82. The minimum absolute atomic E-state index is 0. The van der Waals surface area contributed by atoms with Gasteiger partial charge in [-0.3, -0.25) is 4.79 Å². The maximum atomic E-state index is 12.6. The number of carbonyl (C=O) groups is 1. The number of nitrogens with one attached hydrogen (secondary N) is 1. The number of hydrogen-bond donors (Lipinski definition) is 1. The van der Waals surface area contributed by atoms with E-state index >= 15 is 0 Å². The van der Waals surface area contributed by atoms with Gasteiger partial charge in [0.05, 0.1) is 5.02 Å². The lowest BCUT2D eigenvalue weighted by Gasteiger charge is -2.34. The predicted octanol–water partition coefficient (Wildman–Crippen LogP) is 3.83. The number of halogens is 2. The Morgan fingerprint density at radius 3 is 2.64 bits per heavy atom. The van der Waals surface area contributed by atoms with Crippen LogP contribution in [0.1, 0.15) is 38.2 Å². The summed E-state index contributed by atoms with van der Waals surface area (Å²) in [4.78, 5) is 14.5. The molecule has 2 aliphatic rings. The van der Waals surface area contributed by atoms with Crippen molar-refractivity contribution in [2.45, 2.75) is 51.7 Å². The molecule has 1 heterocycles. The topological polar surface area (TPSA) is 41.6 Å². The van der Waals surface area contributed by atoms with Gasteiger partial charge in [0.25, 0.3) is 5.91 Å². The van der Waals surface area contributed by atoms with Gasteiger partial charge in [0, 0.05) is 19.1 Å². The monoisotopic (exact) mass is 386 g/mol. The van der Waals surface area contributed by atoms with Crippen molar-refractivity contribution in [1.82, 2.24) is 10.2 Å². The maximum Gasteiger partial charge on any atom is 0.263 e. The zero-order valence-corrected chi connectivity index (χ0v) is 16.5. The first-order valence-electron chi connectivity index (χ1n) is 8.98. The Hall–Kier alpha value is -0.970. The van der Waals surface area contributed by atoms with E-state index in [0.29, 0.717) is 16.8 Å². The van der Waals surface area contributed by atoms with Crippen LogP contribution in [0, 0.1) is 12.8 Å². The molecule has 1 atom stereocenters. The molecule has 1 amide bonds. The van der Waals surface area contributed by atoms with E-state index in [-0.39, 0.29) is 18.3 Å². The number of piperidine rings is 1. The van der Waals surface area contributed by atoms with Gasteiger partial charge in [-0.25, -0.2) is 0 Å². The van der Waals surface area contributed by atoms with Gasteiger partial charge in [0.15, 0.2) is 6.10 Å². The molecule has 1 unspecified atom stereocenters. The highest BCUT2D eigenvalue weighted by molar-refractivity contribution is 6.32. The molecule has 1 aliphatic heterocycles. The first-order chi connectivity index (χ1) is 11.5. The smallest absolute Gasteiger partial charge is 0.263 e. The number of benzene rings is 1. The van der Waals surface area contributed by atoms with Crippen molar-refractivity contribution in [2.24, 2.45) is 5.92 Å². The Balaban J connectivity index is 0.00000225. The maximum absolute atomic E-state index is 12.6. The van der Waals surface area contributed by atoms with Crippen LogP contribution in [0.5, 0.6) is 5.75 Å². The molecule has 140 valence electrons. The third-order valence-corrected chi connectivity index (χ3v) is 5.25. The normalized spacial score (nSPS) is 19.2. The molecule has 0 radical (unpaired) electrons. The van der Waals surface area contributed by atoms with Crippen molar-refractivity contribution in [3.63, 3.8) is 0 Å². The van der Waals surface area contributed by atoms with E-state index in [1.54, 1.807) is 13.0 Å². The average Bonchev–Trinajstić information content (AvgIpc) is 3.40. The highest BCUT2D eigenvalue weighted by Crippen LogP contribution is 2.28. The van der Waals surface area contributed by atoms with E-state index in [0.717, 1.165) is 44.0 Å². The molecule has 1 N–H and O–H groups in total. The minimum atomic E-state index is -0.514. The lowest BCUT2D eigenvalue weighted by Crippen LogP contribution is -2.48. The second kappa shape index (κ2) is 9.11. The largest absolute Gasteiger partial charge is 0.479 e. The molecule has 4 nitrogen and oxygen atoms in total. The van der Waals surface area contributed by atoms with Gasteiger partial charge in [-0.15, -0.1) is 12.4 Å². The van der Waals surface area contributed by atoms with Gasteiger partial charge in [0.2, 0.25) is 0 Å². The fourth-order valence-electron chi connectivity index (χ4n) is 3.16. The van der Waals surface area contributed by atoms with Crippen LogP contribution in [0.4, 0.5) is 0 Å². The SMILES string of the molecule is Cc1ccc(Cl)c(OC(C)C(=O)N2CCC(NCC3CC3)CC2)c1.Cl. The van der Waals surface area contributed by atoms with Crippen LogP contribution in [-0.4, -0.2) is 42.6 Å². The number of likely N-dealkylation sites (tertiary alicyclic amines) is 1. The first-order valence-corrected chi connectivity index (χ1v) is 9.35. The zero-order valence-electron chi connectivity index (χ0n) is 15.0. The summed E-state index contributed by atoms with van der Waals surface area (Å²) in [5, 5.41) is 4.18. The molecule has 0 bridgehead atoms. The first kappa shape index (κ1) is 20.3. The van der Waals surface area contributed by atoms with Gasteiger partial charge in [-0.2, -0.15) is 0 Å². The highest BCUT2D eigenvalue weighted by atomic mass is 35.5. The van der Waals surface area contributed by atoms with E-state index in [1.807, 2.05) is 24.0 Å². The summed E-state index contributed by atoms with van der Waals surface area (Å²) in [7, 11) is 0. The van der Waals surface area contributed by atoms with Gasteiger partial charge < -0.3 is 15.0 Å². The van der Waals surface area contributed by atoms with Crippen LogP contribution in [-0.2, 0) is 4.79 Å². The Bertz CT molecular complexity index is 585. The number of aryl methyl sites for hydroxylation is 1. The lowest BCUT2D eigenvalue weighted by molar-refractivity contribution is -0.139. The summed E-state index contributed by atoms with van der Waals surface area (Å²) in [6.45, 7) is 6.53. The average molecular weight is 387 g/mol. The van der Waals surface area contributed by atoms with Crippen LogP contribution < -0.4 is 10.1 Å². The third kappa shape index (κ3) is 5.77. The Morgan fingerprint density at radius 1 is 1.32 bits per heavy atom. The van der Waals surface area contributed by atoms with Crippen LogP contribution in [0.2, 0.25) is 5.02 Å². The molecule has 0 spiro atoms. The van der Waals surface area contributed by atoms with Crippen molar-refractivity contribution in [1.29, 1.82) is 0 Å². The summed E-state index contributed by atoms with van der Waals surface area (Å²) in [6, 6.07) is 6.17. The quantitative estimate of drug-likeness (QED) is 0.807. The fraction of sp³-hybridized carbons (Fsp3) is 0.632. The molecular weight excluding hydrogens is 359 g/mol. The predicted molar refractivity (Wildman–Crippen MR) is 104 cm³/mol. The molecule has 6 heteroatoms. The number of rotatable bonds is 6. The Kier molecular flexibility index (Phi) is 7.41. The molecule has 1 saturated carbocycles. The molecular formula is C19H28Cl2N2O2. The molecule has 25 heavy (non-hydrogen) atoms. The Labute approximate surface area is 161 Å². The highest BCUT2D eigenvalue weighted by Gasteiger charge is 2.28. The van der Waals surface area contributed by atoms with Crippen LogP contribution in [0.25, 0.3) is 0 Å². The summed E-state index contributed by atoms with van der Waals surface area (Å²) in [5.74, 6) is 1.53. The van der Waals surface area contributed by atoms with E-state index in [1.165, 1.54) is 12.8 Å². The molecule has 1 aliphatic carbocycles. The van der Waals surface area contributed by atoms with Crippen molar-refractivity contribution in [3.8, 4) is 5.75 Å². The summed E-state index contributed by atoms with van der Waals surface area (Å²) in [5.41, 5.74) is 1.07. The van der Waals surface area contributed by atoms with Crippen molar-refractivity contribution < 1.29 is 9.53 Å². The second-order valence-corrected chi connectivity index (χ2v) is 7.55. The Morgan fingerprint density at radius 2 is 2.00 bits per heavy atom. The van der Waals surface area contributed by atoms with Gasteiger partial charge in [-0.05, 0) is 69.7 Å². The second-order valence-electron chi connectivity index (χ2n) is 7.15. The van der Waals surface area contributed by atoms with E-state index < -0.39 is 6.10 Å². The number of hydrogen-bond acceptors (Lipinski definition) is 3. The summed E-state index contributed by atoms with van der Waals surface area (Å²) in [6.07, 6.45) is 4.29. The standard InChI is InChI=1S/C19H27ClN2O2.ClH/c1-13-3-6-17(20)18(11-13)24-14(2)19(23)22-9-7-16(8-10-22)21-12-15-4-5-15;/h3,6,11,14-16,21H,4-5,7-10,12H2,1-2H3;1H. The molecule has 2 fully saturated rings. The molecule has 0 aromatic heterocycles. The molecule has 1 aromatic carbocycles. The van der Waals surface area contributed by atoms with Crippen LogP contribution >= 0.6 is 24.0 Å². The van der Waals surface area contributed by atoms with Crippen molar-refractivity contribution >= 4 is 29.9 Å². The number of nitrogens with zero attached hydrogens (tertiary/aromatic N) is 1. The lowest BCUT2D eigenvalue weighted by atomic mass is 10.0. The number of carbonyl (C=O) groups excluding carboxylic acids is 1. The summed E-state index contributed by atoms with van der Waals surface area (Å²) >= 11 is 6.16. The molecule has 1 saturated heterocycles. The van der Waals surface area contributed by atoms with E-state index in [2.05, 4.69) is 5.32 Å². The van der Waals surface area contributed by atoms with Crippen molar-refractivity contribution in [2.75, 3.05) is 19.6 Å². The van der Waals surface area contributed by atoms with Crippen LogP contribution in [0.3, 0.4) is 0 Å². The van der Waals surface area contributed by atoms with E-state index in [4.69, 9.17) is 16.3 Å². The zero-order chi connectivity index (χ0) is 17.1.